The summed E-state index contributed by atoms with van der Waals surface area (Å²) in [5, 5.41) is 7.50. The number of hydrogen-bond acceptors (Lipinski definition) is 0. The normalized spacial score (nSPS) is 24.7. The van der Waals surface area contributed by atoms with Gasteiger partial charge in [0.05, 0.1) is 0 Å². The van der Waals surface area contributed by atoms with E-state index < -0.39 is 16.6 Å². The Morgan fingerprint density at radius 2 is 1.38 bits per heavy atom. The first-order chi connectivity index (χ1) is 5.76. The molecule has 0 saturated heterocycles. The summed E-state index contributed by atoms with van der Waals surface area (Å²) < 4.78 is 1.81. The second-order valence-corrected chi connectivity index (χ2v) is 13.2. The van der Waals surface area contributed by atoms with Gasteiger partial charge in [-0.2, -0.15) is 0 Å². The van der Waals surface area contributed by atoms with Crippen molar-refractivity contribution in [2.24, 2.45) is 5.92 Å². The zero-order valence-corrected chi connectivity index (χ0v) is 11.6. The van der Waals surface area contributed by atoms with E-state index in [0.717, 1.165) is 5.92 Å². The van der Waals surface area contributed by atoms with Crippen LogP contribution >= 0.6 is 0 Å². The molecule has 0 amide bonds. The molecule has 1 rings (SSSR count). The molecular formula is C12H22Ti. The second-order valence-electron chi connectivity index (χ2n) is 5.32. The molecule has 1 heteroatoms. The van der Waals surface area contributed by atoms with Gasteiger partial charge in [0.1, 0.15) is 0 Å². The Morgan fingerprint density at radius 3 is 1.54 bits per heavy atom. The SMILES string of the molecule is CC1=C(C)C(C)[C]([Ti]([CH3])([CH3])[CH3])=C1C. The fourth-order valence-corrected chi connectivity index (χ4v) is 6.99. The van der Waals surface area contributed by atoms with Gasteiger partial charge < -0.3 is 0 Å². The van der Waals surface area contributed by atoms with Crippen LogP contribution in [0.15, 0.2) is 20.6 Å². The maximum atomic E-state index is 2.50. The first-order valence-electron chi connectivity index (χ1n) is 5.15. The van der Waals surface area contributed by atoms with E-state index in [4.69, 9.17) is 0 Å². The minimum atomic E-state index is -1.59. The Balaban J connectivity index is 3.19. The number of allylic oxidation sites excluding steroid dienone is 4. The van der Waals surface area contributed by atoms with E-state index in [-0.39, 0.29) is 0 Å². The van der Waals surface area contributed by atoms with Gasteiger partial charge in [-0.1, -0.05) is 0 Å². The molecule has 0 aromatic rings. The van der Waals surface area contributed by atoms with Crippen LogP contribution in [0.4, 0.5) is 0 Å². The summed E-state index contributed by atoms with van der Waals surface area (Å²) in [6.07, 6.45) is 0. The van der Waals surface area contributed by atoms with E-state index >= 15 is 0 Å². The second kappa shape index (κ2) is 3.40. The van der Waals surface area contributed by atoms with Crippen LogP contribution in [0.1, 0.15) is 27.7 Å². The average molecular weight is 214 g/mol. The van der Waals surface area contributed by atoms with Crippen LogP contribution in [0.3, 0.4) is 0 Å². The Hall–Kier alpha value is 0.194. The standard InChI is InChI=1S/C9H13.3CH3.Ti/c1-6-5-7(2)9(4)8(6)3;;;;/h6H,1-4H3;3*1H3;. The van der Waals surface area contributed by atoms with E-state index in [1.165, 1.54) is 0 Å². The molecule has 0 aliphatic heterocycles. The molecule has 0 N–H and O–H groups in total. The fourth-order valence-electron chi connectivity index (χ4n) is 2.58. The molecule has 74 valence electrons. The average Bonchev–Trinajstić information content (AvgIpc) is 2.14. The van der Waals surface area contributed by atoms with Crippen LogP contribution in [-0.2, 0) is 16.6 Å². The molecular weight excluding hydrogens is 192 g/mol. The predicted molar refractivity (Wildman–Crippen MR) is 57.8 cm³/mol. The van der Waals surface area contributed by atoms with Gasteiger partial charge in [0.2, 0.25) is 0 Å². The van der Waals surface area contributed by atoms with E-state index in [2.05, 4.69) is 43.4 Å². The topological polar surface area (TPSA) is 0 Å². The zero-order chi connectivity index (χ0) is 10.4. The van der Waals surface area contributed by atoms with Crippen molar-refractivity contribution in [3.05, 3.63) is 20.6 Å². The first-order valence-corrected chi connectivity index (χ1v) is 10.6. The molecule has 0 aromatic carbocycles. The van der Waals surface area contributed by atoms with Crippen molar-refractivity contribution in [3.8, 4) is 0 Å². The van der Waals surface area contributed by atoms with E-state index in [0.29, 0.717) is 0 Å². The van der Waals surface area contributed by atoms with Crippen molar-refractivity contribution >= 4 is 0 Å². The number of rotatable bonds is 1. The van der Waals surface area contributed by atoms with Gasteiger partial charge in [-0.3, -0.25) is 0 Å². The summed E-state index contributed by atoms with van der Waals surface area (Å²) >= 11 is -1.59. The van der Waals surface area contributed by atoms with Crippen molar-refractivity contribution in [1.29, 1.82) is 0 Å². The van der Waals surface area contributed by atoms with Gasteiger partial charge in [-0.15, -0.1) is 0 Å². The third-order valence-corrected chi connectivity index (χ3v) is 7.23. The van der Waals surface area contributed by atoms with Crippen LogP contribution in [0, 0.1) is 5.92 Å². The van der Waals surface area contributed by atoms with Gasteiger partial charge in [0.25, 0.3) is 0 Å². The Bertz CT molecular complexity index is 287. The quantitative estimate of drug-likeness (QED) is 0.562. The Labute approximate surface area is 86.5 Å². The van der Waals surface area contributed by atoms with Crippen LogP contribution in [0.2, 0.25) is 15.7 Å². The summed E-state index contributed by atoms with van der Waals surface area (Å²) in [6, 6.07) is 0. The zero-order valence-electron chi connectivity index (χ0n) is 10.1. The summed E-state index contributed by atoms with van der Waals surface area (Å²) in [7, 11) is 0. The summed E-state index contributed by atoms with van der Waals surface area (Å²) in [5.41, 5.74) is 4.77. The molecule has 1 aliphatic carbocycles. The van der Waals surface area contributed by atoms with Crippen LogP contribution in [0.25, 0.3) is 0 Å². The van der Waals surface area contributed by atoms with Gasteiger partial charge in [-0.25, -0.2) is 0 Å². The summed E-state index contributed by atoms with van der Waals surface area (Å²) in [4.78, 5) is 0. The third-order valence-electron chi connectivity index (χ3n) is 3.45. The van der Waals surface area contributed by atoms with Crippen LogP contribution in [-0.4, -0.2) is 0 Å². The van der Waals surface area contributed by atoms with Crippen LogP contribution in [0.5, 0.6) is 0 Å². The molecule has 0 nitrogen and oxygen atoms in total. The van der Waals surface area contributed by atoms with Crippen molar-refractivity contribution in [2.45, 2.75) is 43.4 Å². The molecule has 1 atom stereocenters. The minimum absolute atomic E-state index is 0.736. The van der Waals surface area contributed by atoms with Gasteiger partial charge in [0.15, 0.2) is 0 Å². The van der Waals surface area contributed by atoms with E-state index in [9.17, 15) is 0 Å². The monoisotopic (exact) mass is 214 g/mol. The molecule has 0 fully saturated rings. The molecule has 0 saturated carbocycles. The summed E-state index contributed by atoms with van der Waals surface area (Å²) in [6.45, 7) is 9.27. The van der Waals surface area contributed by atoms with Gasteiger partial charge in [0, 0.05) is 0 Å². The van der Waals surface area contributed by atoms with Crippen LogP contribution < -0.4 is 0 Å². The molecule has 0 bridgehead atoms. The third kappa shape index (κ3) is 1.85. The molecule has 1 unspecified atom stereocenters. The molecule has 0 spiro atoms. The Morgan fingerprint density at radius 1 is 0.923 bits per heavy atom. The van der Waals surface area contributed by atoms with E-state index in [1.54, 1.807) is 16.7 Å². The first kappa shape index (κ1) is 11.3. The fraction of sp³-hybridized carbons (Fsp3) is 0.667. The van der Waals surface area contributed by atoms with Gasteiger partial charge >= 0.3 is 86.5 Å². The molecule has 0 aromatic heterocycles. The Kier molecular flexibility index (Phi) is 2.95. The van der Waals surface area contributed by atoms with Crippen molar-refractivity contribution in [2.75, 3.05) is 0 Å². The summed E-state index contributed by atoms with van der Waals surface area (Å²) in [5.74, 6) is 0.736. The molecule has 0 radical (unpaired) electrons. The van der Waals surface area contributed by atoms with Gasteiger partial charge in [-0.05, 0) is 0 Å². The number of hydrogen-bond donors (Lipinski definition) is 0. The predicted octanol–water partition coefficient (Wildman–Crippen LogP) is 4.54. The maximum absolute atomic E-state index is 2.50. The van der Waals surface area contributed by atoms with Crippen molar-refractivity contribution < 1.29 is 16.6 Å². The molecule has 0 heterocycles. The molecule has 13 heavy (non-hydrogen) atoms. The molecule has 1 aliphatic rings. The van der Waals surface area contributed by atoms with Crippen molar-refractivity contribution in [3.63, 3.8) is 0 Å². The van der Waals surface area contributed by atoms with Crippen molar-refractivity contribution in [1.82, 2.24) is 0 Å². The van der Waals surface area contributed by atoms with E-state index in [1.807, 2.05) is 3.88 Å².